The number of nitrogens with zero attached hydrogens (tertiary/aromatic N) is 4. The Balaban J connectivity index is 1.31. The van der Waals surface area contributed by atoms with Crippen LogP contribution in [0.25, 0.3) is 5.69 Å². The third-order valence-electron chi connectivity index (χ3n) is 6.57. The van der Waals surface area contributed by atoms with E-state index in [0.717, 1.165) is 34.5 Å². The summed E-state index contributed by atoms with van der Waals surface area (Å²) in [6, 6.07) is 27.2. The molecule has 1 amide bonds. The van der Waals surface area contributed by atoms with Crippen molar-refractivity contribution in [3.63, 3.8) is 0 Å². The van der Waals surface area contributed by atoms with Crippen molar-refractivity contribution in [3.8, 4) is 17.2 Å². The van der Waals surface area contributed by atoms with Crippen molar-refractivity contribution >= 4 is 40.8 Å². The molecule has 43 heavy (non-hydrogen) atoms. The van der Waals surface area contributed by atoms with Gasteiger partial charge in [0.1, 0.15) is 18.1 Å². The number of anilines is 2. The maximum atomic E-state index is 13.8. The van der Waals surface area contributed by atoms with Gasteiger partial charge in [-0.3, -0.25) is 14.3 Å². The van der Waals surface area contributed by atoms with Crippen molar-refractivity contribution in [1.29, 1.82) is 0 Å². The van der Waals surface area contributed by atoms with Gasteiger partial charge in [0.25, 0.3) is 0 Å². The van der Waals surface area contributed by atoms with E-state index < -0.39 is 17.6 Å². The Morgan fingerprint density at radius 3 is 2.33 bits per heavy atom. The molecule has 0 N–H and O–H groups in total. The molecule has 12 heteroatoms. The number of methoxy groups -OCH3 is 1. The summed E-state index contributed by atoms with van der Waals surface area (Å²) in [7, 11) is 1.58. The molecule has 1 aliphatic heterocycles. The third-order valence-corrected chi connectivity index (χ3v) is 8.61. The Kier molecular flexibility index (Phi) is 8.04. The molecule has 0 spiro atoms. The fraction of sp³-hybridized carbons (Fsp3) is 0.129. The van der Waals surface area contributed by atoms with E-state index in [-0.39, 0.29) is 18.0 Å². The van der Waals surface area contributed by atoms with E-state index in [4.69, 9.17) is 9.47 Å². The highest BCUT2D eigenvalue weighted by atomic mass is 32.2. The molecule has 0 radical (unpaired) electrons. The van der Waals surface area contributed by atoms with Gasteiger partial charge in [0.15, 0.2) is 11.0 Å². The lowest BCUT2D eigenvalue weighted by Gasteiger charge is -2.31. The van der Waals surface area contributed by atoms with E-state index in [2.05, 4.69) is 10.2 Å². The van der Waals surface area contributed by atoms with Crippen LogP contribution in [-0.4, -0.2) is 33.5 Å². The standard InChI is InChI=1S/C31H23F3N4O3S2/c1-40-22-14-12-21(13-15-22)37-28(18-41-23-7-3-2-4-8-23)35-36-30(37)42-19-29(39)38-24-9-5-6-10-26(24)43-27-16-11-20(17-25(27)38)31(32,33)34/h2-17H,18-19H2,1H3. The van der Waals surface area contributed by atoms with E-state index in [9.17, 15) is 18.0 Å². The van der Waals surface area contributed by atoms with Gasteiger partial charge < -0.3 is 9.47 Å². The van der Waals surface area contributed by atoms with Crippen LogP contribution in [0.4, 0.5) is 24.5 Å². The fourth-order valence-electron chi connectivity index (χ4n) is 4.53. The molecule has 1 aliphatic rings. The van der Waals surface area contributed by atoms with Crippen LogP contribution >= 0.6 is 23.5 Å². The van der Waals surface area contributed by atoms with Crippen LogP contribution in [0.3, 0.4) is 0 Å². The van der Waals surface area contributed by atoms with Gasteiger partial charge in [-0.25, -0.2) is 0 Å². The van der Waals surface area contributed by atoms with Gasteiger partial charge in [-0.05, 0) is 66.7 Å². The van der Waals surface area contributed by atoms with E-state index in [1.165, 1.54) is 22.7 Å². The van der Waals surface area contributed by atoms with Crippen molar-refractivity contribution in [2.24, 2.45) is 0 Å². The van der Waals surface area contributed by atoms with Crippen LogP contribution in [-0.2, 0) is 17.6 Å². The molecule has 2 heterocycles. The molecular formula is C31H23F3N4O3S2. The largest absolute Gasteiger partial charge is 0.497 e. The summed E-state index contributed by atoms with van der Waals surface area (Å²) in [5, 5.41) is 9.10. The van der Waals surface area contributed by atoms with E-state index in [1.54, 1.807) is 35.9 Å². The van der Waals surface area contributed by atoms with E-state index in [0.29, 0.717) is 33.1 Å². The second kappa shape index (κ2) is 12.1. The van der Waals surface area contributed by atoms with Crippen molar-refractivity contribution < 1.29 is 27.4 Å². The van der Waals surface area contributed by atoms with Crippen LogP contribution in [0, 0.1) is 0 Å². The molecule has 218 valence electrons. The molecule has 1 aromatic heterocycles. The lowest BCUT2D eigenvalue weighted by atomic mass is 10.1. The van der Waals surface area contributed by atoms with Crippen LogP contribution in [0.1, 0.15) is 11.4 Å². The maximum absolute atomic E-state index is 13.8. The number of fused-ring (bicyclic) bond motifs is 2. The van der Waals surface area contributed by atoms with Gasteiger partial charge in [-0.1, -0.05) is 53.9 Å². The summed E-state index contributed by atoms with van der Waals surface area (Å²) in [4.78, 5) is 16.5. The predicted octanol–water partition coefficient (Wildman–Crippen LogP) is 7.80. The highest BCUT2D eigenvalue weighted by molar-refractivity contribution is 8.00. The lowest BCUT2D eigenvalue weighted by Crippen LogP contribution is -2.30. The highest BCUT2D eigenvalue weighted by Gasteiger charge is 2.35. The zero-order valence-electron chi connectivity index (χ0n) is 22.6. The average Bonchev–Trinajstić information content (AvgIpc) is 3.44. The Hall–Kier alpha value is -4.42. The van der Waals surface area contributed by atoms with Crippen LogP contribution in [0.15, 0.2) is 112 Å². The topological polar surface area (TPSA) is 69.5 Å². The first-order chi connectivity index (χ1) is 20.8. The average molecular weight is 621 g/mol. The normalized spacial score (nSPS) is 12.4. The van der Waals surface area contributed by atoms with Crippen molar-refractivity contribution in [1.82, 2.24) is 14.8 Å². The molecule has 4 aromatic carbocycles. The first-order valence-electron chi connectivity index (χ1n) is 13.0. The molecule has 0 aliphatic carbocycles. The monoisotopic (exact) mass is 620 g/mol. The van der Waals surface area contributed by atoms with Crippen molar-refractivity contribution in [2.45, 2.75) is 27.7 Å². The molecule has 7 nitrogen and oxygen atoms in total. The van der Waals surface area contributed by atoms with E-state index >= 15 is 0 Å². The smallest absolute Gasteiger partial charge is 0.416 e. The molecule has 0 unspecified atom stereocenters. The maximum Gasteiger partial charge on any atom is 0.416 e. The number of hydrogen-bond acceptors (Lipinski definition) is 7. The Labute approximate surface area is 253 Å². The first kappa shape index (κ1) is 28.7. The number of halogens is 3. The summed E-state index contributed by atoms with van der Waals surface area (Å²) < 4.78 is 53.9. The van der Waals surface area contributed by atoms with Crippen molar-refractivity contribution in [2.75, 3.05) is 17.8 Å². The molecule has 0 saturated carbocycles. The number of alkyl halides is 3. The van der Waals surface area contributed by atoms with Crippen molar-refractivity contribution in [3.05, 3.63) is 108 Å². The number of carbonyl (C=O) groups is 1. The predicted molar refractivity (Wildman–Crippen MR) is 159 cm³/mol. The van der Waals surface area contributed by atoms with Gasteiger partial charge in [0.05, 0.1) is 29.8 Å². The number of ether oxygens (including phenoxy) is 2. The Morgan fingerprint density at radius 1 is 0.860 bits per heavy atom. The quantitative estimate of drug-likeness (QED) is 0.164. The number of rotatable bonds is 8. The minimum atomic E-state index is -4.55. The molecule has 0 fully saturated rings. The minimum Gasteiger partial charge on any atom is -0.497 e. The minimum absolute atomic E-state index is 0.109. The molecular weight excluding hydrogens is 597 g/mol. The Bertz CT molecular complexity index is 1760. The number of amides is 1. The van der Waals surface area contributed by atoms with E-state index in [1.807, 2.05) is 54.6 Å². The van der Waals surface area contributed by atoms with Gasteiger partial charge in [0.2, 0.25) is 5.91 Å². The first-order valence-corrected chi connectivity index (χ1v) is 14.8. The molecule has 0 saturated heterocycles. The second-order valence-electron chi connectivity index (χ2n) is 9.30. The number of benzene rings is 4. The van der Waals surface area contributed by atoms with Crippen LogP contribution < -0.4 is 14.4 Å². The number of thioether (sulfide) groups is 1. The SMILES string of the molecule is COc1ccc(-n2c(COc3ccccc3)nnc2SCC(=O)N2c3ccccc3Sc3ccc(C(F)(F)F)cc32)cc1. The summed E-state index contributed by atoms with van der Waals surface area (Å²) in [5.41, 5.74) is 0.627. The number of para-hydroxylation sites is 2. The molecule has 6 rings (SSSR count). The summed E-state index contributed by atoms with van der Waals surface area (Å²) in [5.74, 6) is 1.33. The van der Waals surface area contributed by atoms with Gasteiger partial charge in [0, 0.05) is 15.5 Å². The fourth-order valence-corrected chi connectivity index (χ4v) is 6.39. The lowest BCUT2D eigenvalue weighted by molar-refractivity contribution is -0.137. The van der Waals surface area contributed by atoms with Gasteiger partial charge in [-0.15, -0.1) is 10.2 Å². The number of carbonyl (C=O) groups excluding carboxylic acids is 1. The van der Waals surface area contributed by atoms with Gasteiger partial charge in [-0.2, -0.15) is 13.2 Å². The summed E-state index contributed by atoms with van der Waals surface area (Å²) in [6.07, 6.45) is -4.55. The van der Waals surface area contributed by atoms with Crippen LogP contribution in [0.2, 0.25) is 0 Å². The number of aromatic nitrogens is 3. The van der Waals surface area contributed by atoms with Gasteiger partial charge >= 0.3 is 6.18 Å². The van der Waals surface area contributed by atoms with Crippen LogP contribution in [0.5, 0.6) is 11.5 Å². The second-order valence-corrected chi connectivity index (χ2v) is 11.3. The number of hydrogen-bond donors (Lipinski definition) is 0. The summed E-state index contributed by atoms with van der Waals surface area (Å²) >= 11 is 2.47. The third kappa shape index (κ3) is 6.06. The zero-order valence-corrected chi connectivity index (χ0v) is 24.2. The molecule has 0 atom stereocenters. The molecule has 0 bridgehead atoms. The highest BCUT2D eigenvalue weighted by Crippen LogP contribution is 2.49. The Morgan fingerprint density at radius 2 is 1.58 bits per heavy atom. The zero-order chi connectivity index (χ0) is 30.0. The molecule has 5 aromatic rings. The summed E-state index contributed by atoms with van der Waals surface area (Å²) in [6.45, 7) is 0.113.